The molecule has 1 rings (SSSR count). The summed E-state index contributed by atoms with van der Waals surface area (Å²) in [5.74, 6) is 1.75. The Labute approximate surface area is 107 Å². The lowest BCUT2D eigenvalue weighted by Crippen LogP contribution is -2.47. The number of hydrogen-bond acceptors (Lipinski definition) is 3. The molecule has 17 heavy (non-hydrogen) atoms. The number of nitrogens with zero attached hydrogens (tertiary/aromatic N) is 1. The molecule has 1 unspecified atom stereocenters. The van der Waals surface area contributed by atoms with Crippen LogP contribution >= 0.6 is 0 Å². The van der Waals surface area contributed by atoms with Gasteiger partial charge in [0.05, 0.1) is 6.61 Å². The van der Waals surface area contributed by atoms with Crippen LogP contribution in [0.2, 0.25) is 0 Å². The molecule has 2 N–H and O–H groups in total. The summed E-state index contributed by atoms with van der Waals surface area (Å²) in [4.78, 5) is 2.55. The van der Waals surface area contributed by atoms with E-state index < -0.39 is 0 Å². The number of likely N-dealkylation sites (tertiary alicyclic amines) is 1. The third kappa shape index (κ3) is 4.57. The third-order valence-corrected chi connectivity index (χ3v) is 4.51. The summed E-state index contributed by atoms with van der Waals surface area (Å²) < 4.78 is 0. The smallest absolute Gasteiger partial charge is 0.0610 e. The zero-order valence-electron chi connectivity index (χ0n) is 12.0. The fraction of sp³-hybridized carbons (Fsp3) is 1.00. The fourth-order valence-electron chi connectivity index (χ4n) is 2.53. The second-order valence-electron chi connectivity index (χ2n) is 6.14. The van der Waals surface area contributed by atoms with Crippen LogP contribution in [0.3, 0.4) is 0 Å². The van der Waals surface area contributed by atoms with Gasteiger partial charge < -0.3 is 15.3 Å². The molecule has 1 saturated heterocycles. The normalized spacial score (nSPS) is 22.9. The molecular formula is C14H30N2O. The summed E-state index contributed by atoms with van der Waals surface area (Å²) in [5, 5.41) is 12.6. The SMILES string of the molecule is CNC(C)(CO)CCN1CCC(C(C)C)CC1. The van der Waals surface area contributed by atoms with Crippen molar-refractivity contribution in [3.8, 4) is 0 Å². The summed E-state index contributed by atoms with van der Waals surface area (Å²) in [6.07, 6.45) is 3.70. The Morgan fingerprint density at radius 1 is 1.35 bits per heavy atom. The summed E-state index contributed by atoms with van der Waals surface area (Å²) >= 11 is 0. The number of aliphatic hydroxyl groups is 1. The number of likely N-dealkylation sites (N-methyl/N-ethyl adjacent to an activating group) is 1. The standard InChI is InChI=1S/C14H30N2O/c1-12(2)13-5-8-16(9-6-13)10-7-14(3,11-17)15-4/h12-13,15,17H,5-11H2,1-4H3. The second-order valence-corrected chi connectivity index (χ2v) is 6.14. The minimum atomic E-state index is -0.116. The molecule has 3 heteroatoms. The van der Waals surface area contributed by atoms with Crippen molar-refractivity contribution in [1.82, 2.24) is 10.2 Å². The highest BCUT2D eigenvalue weighted by Crippen LogP contribution is 2.24. The van der Waals surface area contributed by atoms with Crippen LogP contribution < -0.4 is 5.32 Å². The zero-order chi connectivity index (χ0) is 12.9. The molecule has 0 radical (unpaired) electrons. The molecule has 1 aliphatic heterocycles. The topological polar surface area (TPSA) is 35.5 Å². The van der Waals surface area contributed by atoms with Crippen LogP contribution in [-0.2, 0) is 0 Å². The number of aliphatic hydroxyl groups excluding tert-OH is 1. The van der Waals surface area contributed by atoms with Gasteiger partial charge in [-0.25, -0.2) is 0 Å². The van der Waals surface area contributed by atoms with Crippen LogP contribution in [0.5, 0.6) is 0 Å². The first-order chi connectivity index (χ1) is 8.00. The molecule has 0 aromatic carbocycles. The quantitative estimate of drug-likeness (QED) is 0.744. The zero-order valence-corrected chi connectivity index (χ0v) is 12.0. The lowest BCUT2D eigenvalue weighted by Gasteiger charge is -2.36. The summed E-state index contributed by atoms with van der Waals surface area (Å²) in [5.41, 5.74) is -0.116. The summed E-state index contributed by atoms with van der Waals surface area (Å²) in [7, 11) is 1.93. The van der Waals surface area contributed by atoms with Gasteiger partial charge in [-0.2, -0.15) is 0 Å². The van der Waals surface area contributed by atoms with E-state index in [1.54, 1.807) is 0 Å². The second kappa shape index (κ2) is 6.72. The minimum Gasteiger partial charge on any atom is -0.394 e. The average molecular weight is 242 g/mol. The van der Waals surface area contributed by atoms with Gasteiger partial charge in [0.15, 0.2) is 0 Å². The van der Waals surface area contributed by atoms with E-state index in [0.717, 1.165) is 24.8 Å². The van der Waals surface area contributed by atoms with Gasteiger partial charge in [-0.05, 0) is 64.7 Å². The lowest BCUT2D eigenvalue weighted by molar-refractivity contribution is 0.122. The molecule has 3 nitrogen and oxygen atoms in total. The Bertz CT molecular complexity index is 206. The maximum absolute atomic E-state index is 9.35. The highest BCUT2D eigenvalue weighted by atomic mass is 16.3. The molecule has 0 amide bonds. The molecule has 1 aliphatic rings. The van der Waals surface area contributed by atoms with Crippen LogP contribution in [0.25, 0.3) is 0 Å². The summed E-state index contributed by atoms with van der Waals surface area (Å²) in [6.45, 7) is 10.5. The van der Waals surface area contributed by atoms with Crippen molar-refractivity contribution in [3.63, 3.8) is 0 Å². The average Bonchev–Trinajstić information content (AvgIpc) is 2.36. The van der Waals surface area contributed by atoms with Gasteiger partial charge in [0.1, 0.15) is 0 Å². The van der Waals surface area contributed by atoms with Crippen molar-refractivity contribution >= 4 is 0 Å². The van der Waals surface area contributed by atoms with E-state index in [9.17, 15) is 5.11 Å². The van der Waals surface area contributed by atoms with Crippen molar-refractivity contribution < 1.29 is 5.11 Å². The van der Waals surface area contributed by atoms with E-state index in [-0.39, 0.29) is 12.1 Å². The van der Waals surface area contributed by atoms with Crippen molar-refractivity contribution in [2.45, 2.75) is 45.6 Å². The Balaban J connectivity index is 2.27. The predicted octanol–water partition coefficient (Wildman–Crippen LogP) is 1.71. The lowest BCUT2D eigenvalue weighted by atomic mass is 9.86. The highest BCUT2D eigenvalue weighted by molar-refractivity contribution is 4.83. The molecule has 1 atom stereocenters. The Morgan fingerprint density at radius 3 is 2.35 bits per heavy atom. The molecule has 0 saturated carbocycles. The number of nitrogens with one attached hydrogen (secondary N) is 1. The maximum Gasteiger partial charge on any atom is 0.0610 e. The molecular weight excluding hydrogens is 212 g/mol. The van der Waals surface area contributed by atoms with Gasteiger partial charge in [0.25, 0.3) is 0 Å². The van der Waals surface area contributed by atoms with Crippen molar-refractivity contribution in [1.29, 1.82) is 0 Å². The van der Waals surface area contributed by atoms with Gasteiger partial charge in [0.2, 0.25) is 0 Å². The molecule has 102 valence electrons. The fourth-order valence-corrected chi connectivity index (χ4v) is 2.53. The van der Waals surface area contributed by atoms with Crippen LogP contribution in [0.1, 0.15) is 40.0 Å². The number of piperidine rings is 1. The van der Waals surface area contributed by atoms with Crippen molar-refractivity contribution in [2.75, 3.05) is 33.3 Å². The minimum absolute atomic E-state index is 0.116. The highest BCUT2D eigenvalue weighted by Gasteiger charge is 2.25. The predicted molar refractivity (Wildman–Crippen MR) is 73.2 cm³/mol. The molecule has 0 aliphatic carbocycles. The monoisotopic (exact) mass is 242 g/mol. The third-order valence-electron chi connectivity index (χ3n) is 4.51. The first-order valence-corrected chi connectivity index (χ1v) is 7.03. The Kier molecular flexibility index (Phi) is 5.90. The van der Waals surface area contributed by atoms with E-state index in [0.29, 0.717) is 0 Å². The van der Waals surface area contributed by atoms with Crippen LogP contribution in [-0.4, -0.2) is 48.8 Å². The Morgan fingerprint density at radius 2 is 1.94 bits per heavy atom. The van der Waals surface area contributed by atoms with Crippen molar-refractivity contribution in [2.24, 2.45) is 11.8 Å². The van der Waals surface area contributed by atoms with Crippen molar-refractivity contribution in [3.05, 3.63) is 0 Å². The Hall–Kier alpha value is -0.120. The van der Waals surface area contributed by atoms with E-state index in [4.69, 9.17) is 0 Å². The molecule has 0 spiro atoms. The van der Waals surface area contributed by atoms with E-state index >= 15 is 0 Å². The molecule has 0 aromatic heterocycles. The van der Waals surface area contributed by atoms with E-state index in [1.165, 1.54) is 25.9 Å². The largest absolute Gasteiger partial charge is 0.394 e. The van der Waals surface area contributed by atoms with Crippen LogP contribution in [0.15, 0.2) is 0 Å². The number of rotatable bonds is 6. The molecule has 0 aromatic rings. The first kappa shape index (κ1) is 14.9. The molecule has 1 fully saturated rings. The van der Waals surface area contributed by atoms with E-state index in [2.05, 4.69) is 31.0 Å². The van der Waals surface area contributed by atoms with Gasteiger partial charge in [-0.15, -0.1) is 0 Å². The number of hydrogen-bond donors (Lipinski definition) is 2. The maximum atomic E-state index is 9.35. The van der Waals surface area contributed by atoms with Gasteiger partial charge in [-0.1, -0.05) is 13.8 Å². The molecule has 1 heterocycles. The van der Waals surface area contributed by atoms with E-state index in [1.807, 2.05) is 7.05 Å². The van der Waals surface area contributed by atoms with Gasteiger partial charge in [0, 0.05) is 5.54 Å². The first-order valence-electron chi connectivity index (χ1n) is 7.03. The van der Waals surface area contributed by atoms with Crippen LogP contribution in [0, 0.1) is 11.8 Å². The van der Waals surface area contributed by atoms with Gasteiger partial charge >= 0.3 is 0 Å². The molecule has 0 bridgehead atoms. The summed E-state index contributed by atoms with van der Waals surface area (Å²) in [6, 6.07) is 0. The van der Waals surface area contributed by atoms with Crippen LogP contribution in [0.4, 0.5) is 0 Å². The van der Waals surface area contributed by atoms with Gasteiger partial charge in [-0.3, -0.25) is 0 Å².